The third-order valence-electron chi connectivity index (χ3n) is 5.30. The van der Waals surface area contributed by atoms with Crippen molar-refractivity contribution in [1.29, 1.82) is 5.26 Å². The van der Waals surface area contributed by atoms with Gasteiger partial charge in [-0.25, -0.2) is 9.37 Å². The number of aliphatic hydroxyl groups excluding tert-OH is 1. The van der Waals surface area contributed by atoms with E-state index in [1.54, 1.807) is 24.3 Å². The standard InChI is InChI=1S/C22H20FN5O3/c23-15-3-1-13(2-4-15)7-19(22(31)28-6-5-17(29)12-28)27-21(30)18-9-14-8-16(10-24)25-11-20(14)26-18/h1-4,8-9,11,17,19,26,29H,5-7,12H2,(H,27,30)/t17-,19-/m0/s1. The lowest BCUT2D eigenvalue weighted by Gasteiger charge is -2.24. The normalized spacial score (nSPS) is 16.8. The molecule has 0 radical (unpaired) electrons. The molecule has 1 aromatic carbocycles. The van der Waals surface area contributed by atoms with Crippen LogP contribution in [0.3, 0.4) is 0 Å². The lowest BCUT2D eigenvalue weighted by atomic mass is 10.0. The van der Waals surface area contributed by atoms with Gasteiger partial charge in [0.15, 0.2) is 0 Å². The van der Waals surface area contributed by atoms with Crippen LogP contribution in [0.2, 0.25) is 0 Å². The Morgan fingerprint density at radius 1 is 1.35 bits per heavy atom. The predicted molar refractivity (Wildman–Crippen MR) is 109 cm³/mol. The summed E-state index contributed by atoms with van der Waals surface area (Å²) in [7, 11) is 0. The highest BCUT2D eigenvalue weighted by atomic mass is 19.1. The van der Waals surface area contributed by atoms with E-state index in [0.717, 1.165) is 0 Å². The van der Waals surface area contributed by atoms with Crippen molar-refractivity contribution in [2.75, 3.05) is 13.1 Å². The van der Waals surface area contributed by atoms with Crippen molar-refractivity contribution >= 4 is 22.7 Å². The van der Waals surface area contributed by atoms with Crippen LogP contribution in [0, 0.1) is 17.1 Å². The number of aromatic nitrogens is 2. The highest BCUT2D eigenvalue weighted by molar-refractivity contribution is 6.00. The quantitative estimate of drug-likeness (QED) is 0.576. The van der Waals surface area contributed by atoms with Crippen LogP contribution in [0.15, 0.2) is 42.6 Å². The Labute approximate surface area is 177 Å². The Morgan fingerprint density at radius 3 is 2.81 bits per heavy atom. The van der Waals surface area contributed by atoms with E-state index in [1.807, 2.05) is 6.07 Å². The molecule has 3 aromatic rings. The molecular weight excluding hydrogens is 401 g/mol. The molecule has 8 nitrogen and oxygen atoms in total. The Bertz CT molecular complexity index is 1170. The predicted octanol–water partition coefficient (Wildman–Crippen LogP) is 1.51. The Balaban J connectivity index is 1.57. The zero-order valence-electron chi connectivity index (χ0n) is 16.5. The maximum absolute atomic E-state index is 13.3. The molecule has 9 heteroatoms. The van der Waals surface area contributed by atoms with Gasteiger partial charge in [0, 0.05) is 24.9 Å². The first-order valence-electron chi connectivity index (χ1n) is 9.84. The second-order valence-corrected chi connectivity index (χ2v) is 7.53. The molecule has 0 saturated carbocycles. The van der Waals surface area contributed by atoms with Crippen LogP contribution in [-0.2, 0) is 11.2 Å². The van der Waals surface area contributed by atoms with Crippen molar-refractivity contribution in [3.63, 3.8) is 0 Å². The molecule has 0 aliphatic carbocycles. The highest BCUT2D eigenvalue weighted by Crippen LogP contribution is 2.17. The number of carbonyl (C=O) groups excluding carboxylic acids is 2. The van der Waals surface area contributed by atoms with E-state index in [9.17, 15) is 19.1 Å². The van der Waals surface area contributed by atoms with Crippen molar-refractivity contribution in [3.05, 3.63) is 65.4 Å². The minimum absolute atomic E-state index is 0.178. The van der Waals surface area contributed by atoms with Gasteiger partial charge in [-0.3, -0.25) is 9.59 Å². The minimum atomic E-state index is -0.887. The van der Waals surface area contributed by atoms with E-state index in [2.05, 4.69) is 15.3 Å². The summed E-state index contributed by atoms with van der Waals surface area (Å²) in [5.41, 5.74) is 1.74. The van der Waals surface area contributed by atoms with Gasteiger partial charge in [-0.15, -0.1) is 0 Å². The summed E-state index contributed by atoms with van der Waals surface area (Å²) < 4.78 is 13.3. The summed E-state index contributed by atoms with van der Waals surface area (Å²) >= 11 is 0. The maximum Gasteiger partial charge on any atom is 0.268 e. The lowest BCUT2D eigenvalue weighted by Crippen LogP contribution is -2.49. The molecule has 1 aliphatic rings. The van der Waals surface area contributed by atoms with Gasteiger partial charge in [-0.1, -0.05) is 12.1 Å². The summed E-state index contributed by atoms with van der Waals surface area (Å²) in [5.74, 6) is -1.18. The first-order valence-corrected chi connectivity index (χ1v) is 9.84. The maximum atomic E-state index is 13.3. The molecule has 1 saturated heterocycles. The summed E-state index contributed by atoms with van der Waals surface area (Å²) in [4.78, 5) is 34.4. The number of pyridine rings is 1. The molecule has 3 heterocycles. The van der Waals surface area contributed by atoms with E-state index in [-0.39, 0.29) is 36.1 Å². The van der Waals surface area contributed by atoms with E-state index >= 15 is 0 Å². The van der Waals surface area contributed by atoms with Gasteiger partial charge in [-0.05, 0) is 36.2 Å². The number of hydrogen-bond donors (Lipinski definition) is 3. The van der Waals surface area contributed by atoms with Crippen LogP contribution in [0.5, 0.6) is 0 Å². The van der Waals surface area contributed by atoms with Crippen LogP contribution >= 0.6 is 0 Å². The number of rotatable bonds is 5. The number of aromatic amines is 1. The second-order valence-electron chi connectivity index (χ2n) is 7.53. The van der Waals surface area contributed by atoms with Gasteiger partial charge in [0.05, 0.1) is 17.8 Å². The van der Waals surface area contributed by atoms with E-state index < -0.39 is 18.1 Å². The lowest BCUT2D eigenvalue weighted by molar-refractivity contribution is -0.132. The average molecular weight is 421 g/mol. The van der Waals surface area contributed by atoms with Crippen molar-refractivity contribution in [3.8, 4) is 6.07 Å². The minimum Gasteiger partial charge on any atom is -0.391 e. The van der Waals surface area contributed by atoms with Gasteiger partial charge in [0.1, 0.15) is 29.3 Å². The molecule has 2 aromatic heterocycles. The number of fused-ring (bicyclic) bond motifs is 1. The molecule has 0 bridgehead atoms. The number of amides is 2. The number of hydrogen-bond acceptors (Lipinski definition) is 5. The summed E-state index contributed by atoms with van der Waals surface area (Å²) in [5, 5.41) is 22.2. The number of β-amino-alcohol motifs (C(OH)–C–C–N with tert-alkyl or cyclic N) is 1. The molecule has 0 spiro atoms. The van der Waals surface area contributed by atoms with Gasteiger partial charge >= 0.3 is 0 Å². The fourth-order valence-corrected chi connectivity index (χ4v) is 3.67. The van der Waals surface area contributed by atoms with Gasteiger partial charge in [0.2, 0.25) is 5.91 Å². The number of nitrogens with zero attached hydrogens (tertiary/aromatic N) is 3. The second kappa shape index (κ2) is 8.53. The molecular formula is C22H20FN5O3. The van der Waals surface area contributed by atoms with Crippen molar-refractivity contribution in [2.45, 2.75) is 25.0 Å². The number of aliphatic hydroxyl groups is 1. The highest BCUT2D eigenvalue weighted by Gasteiger charge is 2.31. The zero-order valence-corrected chi connectivity index (χ0v) is 16.5. The number of halogens is 1. The fraction of sp³-hybridized carbons (Fsp3) is 0.273. The summed E-state index contributed by atoms with van der Waals surface area (Å²) in [6.45, 7) is 0.619. The fourth-order valence-electron chi connectivity index (χ4n) is 3.67. The van der Waals surface area contributed by atoms with Crippen LogP contribution in [-0.4, -0.2) is 57.0 Å². The van der Waals surface area contributed by atoms with E-state index in [0.29, 0.717) is 29.4 Å². The molecule has 3 N–H and O–H groups in total. The van der Waals surface area contributed by atoms with Crippen molar-refractivity contribution < 1.29 is 19.1 Å². The van der Waals surface area contributed by atoms with Crippen LogP contribution in [0.4, 0.5) is 4.39 Å². The van der Waals surface area contributed by atoms with Crippen LogP contribution in [0.1, 0.15) is 28.2 Å². The monoisotopic (exact) mass is 421 g/mol. The average Bonchev–Trinajstić information content (AvgIpc) is 3.39. The van der Waals surface area contributed by atoms with Crippen molar-refractivity contribution in [1.82, 2.24) is 20.2 Å². The Hall–Kier alpha value is -3.77. The van der Waals surface area contributed by atoms with E-state index in [1.165, 1.54) is 23.2 Å². The number of H-pyrrole nitrogens is 1. The molecule has 1 fully saturated rings. The molecule has 0 unspecified atom stereocenters. The third kappa shape index (κ3) is 4.54. The summed E-state index contributed by atoms with van der Waals surface area (Å²) in [6, 6.07) is 9.95. The molecule has 2 amide bonds. The van der Waals surface area contributed by atoms with E-state index in [4.69, 9.17) is 5.26 Å². The molecule has 1 aliphatic heterocycles. The van der Waals surface area contributed by atoms with Gasteiger partial charge < -0.3 is 20.3 Å². The van der Waals surface area contributed by atoms with Gasteiger partial charge in [0.25, 0.3) is 5.91 Å². The summed E-state index contributed by atoms with van der Waals surface area (Å²) in [6.07, 6.45) is 1.55. The first kappa shape index (κ1) is 20.5. The van der Waals surface area contributed by atoms with Gasteiger partial charge in [-0.2, -0.15) is 5.26 Å². The first-order chi connectivity index (χ1) is 14.9. The molecule has 31 heavy (non-hydrogen) atoms. The smallest absolute Gasteiger partial charge is 0.268 e. The van der Waals surface area contributed by atoms with Crippen LogP contribution in [0.25, 0.3) is 10.9 Å². The third-order valence-corrected chi connectivity index (χ3v) is 5.30. The Kier molecular flexibility index (Phi) is 5.64. The Morgan fingerprint density at radius 2 is 2.13 bits per heavy atom. The zero-order chi connectivity index (χ0) is 22.0. The molecule has 4 rings (SSSR count). The number of benzene rings is 1. The SMILES string of the molecule is N#Cc1cc2cc(C(=O)N[C@@H](Cc3ccc(F)cc3)C(=O)N3CC[C@H](O)C3)[nH]c2cn1. The molecule has 158 valence electrons. The van der Waals surface area contributed by atoms with Crippen LogP contribution < -0.4 is 5.32 Å². The molecule has 2 atom stereocenters. The number of nitrogens with one attached hydrogen (secondary N) is 2. The number of carbonyl (C=O) groups is 2. The van der Waals surface area contributed by atoms with Crippen molar-refractivity contribution in [2.24, 2.45) is 0 Å². The topological polar surface area (TPSA) is 122 Å². The number of nitriles is 1. The number of likely N-dealkylation sites (tertiary alicyclic amines) is 1. The largest absolute Gasteiger partial charge is 0.391 e.